The van der Waals surface area contributed by atoms with Crippen molar-refractivity contribution in [3.8, 4) is 0 Å². The summed E-state index contributed by atoms with van der Waals surface area (Å²) in [6.07, 6.45) is 0. The van der Waals surface area contributed by atoms with Crippen LogP contribution in [0.1, 0.15) is 16.1 Å². The number of furan rings is 1. The average Bonchev–Trinajstić information content (AvgIpc) is 2.81. The molecule has 0 unspecified atom stereocenters. The van der Waals surface area contributed by atoms with Gasteiger partial charge in [0.1, 0.15) is 11.4 Å². The van der Waals surface area contributed by atoms with Crippen molar-refractivity contribution >= 4 is 32.7 Å². The zero-order valence-corrected chi connectivity index (χ0v) is 11.3. The van der Waals surface area contributed by atoms with E-state index in [9.17, 15) is 9.18 Å². The predicted octanol–water partition coefficient (Wildman–Crippen LogP) is 4.57. The number of carbonyl (C=O) groups is 1. The lowest BCUT2D eigenvalue weighted by atomic mass is 10.1. The van der Waals surface area contributed by atoms with E-state index in [-0.39, 0.29) is 11.5 Å². The SMILES string of the molecule is O=C(c1cc2ccccc2o1)c1ccc(F)cc1Br. The first-order valence-corrected chi connectivity index (χ1v) is 6.43. The lowest BCUT2D eigenvalue weighted by Gasteiger charge is -2.00. The van der Waals surface area contributed by atoms with Crippen molar-refractivity contribution in [2.75, 3.05) is 0 Å². The van der Waals surface area contributed by atoms with Crippen molar-refractivity contribution in [2.24, 2.45) is 0 Å². The van der Waals surface area contributed by atoms with E-state index in [0.29, 0.717) is 15.6 Å². The molecular weight excluding hydrogens is 311 g/mol. The van der Waals surface area contributed by atoms with E-state index < -0.39 is 5.82 Å². The summed E-state index contributed by atoms with van der Waals surface area (Å²) >= 11 is 3.19. The number of fused-ring (bicyclic) bond motifs is 1. The molecule has 2 aromatic carbocycles. The van der Waals surface area contributed by atoms with Gasteiger partial charge in [0.25, 0.3) is 0 Å². The number of hydrogen-bond donors (Lipinski definition) is 0. The minimum Gasteiger partial charge on any atom is -0.453 e. The Morgan fingerprint density at radius 2 is 1.89 bits per heavy atom. The maximum atomic E-state index is 13.0. The van der Waals surface area contributed by atoms with E-state index in [1.54, 1.807) is 12.1 Å². The highest BCUT2D eigenvalue weighted by Gasteiger charge is 2.17. The van der Waals surface area contributed by atoms with Crippen LogP contribution in [0.3, 0.4) is 0 Å². The molecule has 0 spiro atoms. The van der Waals surface area contributed by atoms with Gasteiger partial charge in [-0.3, -0.25) is 4.79 Å². The minimum atomic E-state index is -0.395. The van der Waals surface area contributed by atoms with Crippen LogP contribution >= 0.6 is 15.9 Å². The highest BCUT2D eigenvalue weighted by atomic mass is 79.9. The van der Waals surface area contributed by atoms with E-state index in [2.05, 4.69) is 15.9 Å². The van der Waals surface area contributed by atoms with Gasteiger partial charge in [0.2, 0.25) is 5.78 Å². The van der Waals surface area contributed by atoms with E-state index in [1.165, 1.54) is 18.2 Å². The number of ketones is 1. The van der Waals surface area contributed by atoms with Crippen LogP contribution in [0.25, 0.3) is 11.0 Å². The van der Waals surface area contributed by atoms with Crippen LogP contribution in [0.2, 0.25) is 0 Å². The highest BCUT2D eigenvalue weighted by molar-refractivity contribution is 9.10. The Hall–Kier alpha value is -1.94. The van der Waals surface area contributed by atoms with Crippen molar-refractivity contribution in [3.05, 3.63) is 70.1 Å². The molecule has 0 aliphatic rings. The summed E-state index contributed by atoms with van der Waals surface area (Å²) in [5.74, 6) is -0.426. The second kappa shape index (κ2) is 4.63. The van der Waals surface area contributed by atoms with Gasteiger partial charge in [-0.15, -0.1) is 0 Å². The summed E-state index contributed by atoms with van der Waals surface area (Å²) in [6, 6.07) is 13.0. The molecule has 0 fully saturated rings. The molecule has 0 saturated heterocycles. The molecule has 1 heterocycles. The lowest BCUT2D eigenvalue weighted by Crippen LogP contribution is -2.00. The third kappa shape index (κ3) is 2.19. The molecular formula is C15H8BrFO2. The number of para-hydroxylation sites is 1. The Morgan fingerprint density at radius 1 is 1.11 bits per heavy atom. The Balaban J connectivity index is 2.08. The highest BCUT2D eigenvalue weighted by Crippen LogP contribution is 2.25. The fourth-order valence-electron chi connectivity index (χ4n) is 1.90. The molecule has 0 N–H and O–H groups in total. The molecule has 0 radical (unpaired) electrons. The maximum Gasteiger partial charge on any atom is 0.229 e. The van der Waals surface area contributed by atoms with Gasteiger partial charge in [0, 0.05) is 15.4 Å². The fraction of sp³-hybridized carbons (Fsp3) is 0. The third-order valence-electron chi connectivity index (χ3n) is 2.83. The quantitative estimate of drug-likeness (QED) is 0.648. The van der Waals surface area contributed by atoms with Crippen LogP contribution in [0.5, 0.6) is 0 Å². The summed E-state index contributed by atoms with van der Waals surface area (Å²) in [4.78, 5) is 12.3. The van der Waals surface area contributed by atoms with Crippen molar-refractivity contribution in [1.82, 2.24) is 0 Å². The van der Waals surface area contributed by atoms with Crippen LogP contribution in [0, 0.1) is 5.82 Å². The van der Waals surface area contributed by atoms with Crippen molar-refractivity contribution in [2.45, 2.75) is 0 Å². The van der Waals surface area contributed by atoms with Crippen LogP contribution in [0.4, 0.5) is 4.39 Å². The molecule has 4 heteroatoms. The molecule has 3 aromatic rings. The Morgan fingerprint density at radius 3 is 2.63 bits per heavy atom. The molecule has 3 rings (SSSR count). The number of hydrogen-bond acceptors (Lipinski definition) is 2. The second-order valence-corrected chi connectivity index (χ2v) is 4.96. The first-order chi connectivity index (χ1) is 9.15. The zero-order valence-electron chi connectivity index (χ0n) is 9.69. The third-order valence-corrected chi connectivity index (χ3v) is 3.48. The monoisotopic (exact) mass is 318 g/mol. The van der Waals surface area contributed by atoms with Gasteiger partial charge in [-0.25, -0.2) is 4.39 Å². The molecule has 1 aromatic heterocycles. The van der Waals surface area contributed by atoms with Gasteiger partial charge in [0.05, 0.1) is 0 Å². The smallest absolute Gasteiger partial charge is 0.229 e. The summed E-state index contributed by atoms with van der Waals surface area (Å²) in [6.45, 7) is 0. The number of rotatable bonds is 2. The predicted molar refractivity (Wildman–Crippen MR) is 73.7 cm³/mol. The number of halogens is 2. The summed E-state index contributed by atoms with van der Waals surface area (Å²) in [5, 5.41) is 0.865. The second-order valence-electron chi connectivity index (χ2n) is 4.10. The van der Waals surface area contributed by atoms with Gasteiger partial charge >= 0.3 is 0 Å². The molecule has 0 atom stereocenters. The van der Waals surface area contributed by atoms with Gasteiger partial charge in [-0.05, 0) is 46.3 Å². The lowest BCUT2D eigenvalue weighted by molar-refractivity contribution is 0.101. The molecule has 94 valence electrons. The van der Waals surface area contributed by atoms with Crippen LogP contribution in [-0.2, 0) is 0 Å². The van der Waals surface area contributed by atoms with Gasteiger partial charge in [0.15, 0.2) is 5.76 Å². The summed E-state index contributed by atoms with van der Waals surface area (Å²) in [7, 11) is 0. The van der Waals surface area contributed by atoms with E-state index in [4.69, 9.17) is 4.42 Å². The zero-order chi connectivity index (χ0) is 13.4. The molecule has 0 aliphatic heterocycles. The first kappa shape index (κ1) is 12.1. The molecule has 0 bridgehead atoms. The van der Waals surface area contributed by atoms with Gasteiger partial charge in [-0.1, -0.05) is 18.2 Å². The van der Waals surface area contributed by atoms with Gasteiger partial charge < -0.3 is 4.42 Å². The average molecular weight is 319 g/mol. The van der Waals surface area contributed by atoms with E-state index in [1.807, 2.05) is 18.2 Å². The first-order valence-electron chi connectivity index (χ1n) is 5.63. The Bertz CT molecular complexity index is 744. The Kier molecular flexibility index (Phi) is 2.95. The van der Waals surface area contributed by atoms with Gasteiger partial charge in [-0.2, -0.15) is 0 Å². The van der Waals surface area contributed by atoms with Crippen LogP contribution in [-0.4, -0.2) is 5.78 Å². The Labute approximate surface area is 117 Å². The molecule has 19 heavy (non-hydrogen) atoms. The number of carbonyl (C=O) groups excluding carboxylic acids is 1. The summed E-state index contributed by atoms with van der Waals surface area (Å²) < 4.78 is 18.9. The normalized spacial score (nSPS) is 10.8. The van der Waals surface area contributed by atoms with Crippen LogP contribution in [0.15, 0.2) is 57.4 Å². The number of benzene rings is 2. The topological polar surface area (TPSA) is 30.2 Å². The van der Waals surface area contributed by atoms with Crippen LogP contribution < -0.4 is 0 Å². The van der Waals surface area contributed by atoms with Crippen molar-refractivity contribution in [1.29, 1.82) is 0 Å². The molecule has 0 amide bonds. The fourth-order valence-corrected chi connectivity index (χ4v) is 2.43. The standard InChI is InChI=1S/C15H8BrFO2/c16-12-8-10(17)5-6-11(12)15(18)14-7-9-3-1-2-4-13(9)19-14/h1-8H. The molecule has 2 nitrogen and oxygen atoms in total. The van der Waals surface area contributed by atoms with E-state index in [0.717, 1.165) is 5.39 Å². The minimum absolute atomic E-state index is 0.244. The van der Waals surface area contributed by atoms with Crippen molar-refractivity contribution < 1.29 is 13.6 Å². The van der Waals surface area contributed by atoms with E-state index >= 15 is 0 Å². The molecule has 0 saturated carbocycles. The molecule has 0 aliphatic carbocycles. The van der Waals surface area contributed by atoms with Crippen molar-refractivity contribution in [3.63, 3.8) is 0 Å². The maximum absolute atomic E-state index is 13.0. The summed E-state index contributed by atoms with van der Waals surface area (Å²) in [5.41, 5.74) is 1.03. The largest absolute Gasteiger partial charge is 0.453 e.